The van der Waals surface area contributed by atoms with Crippen molar-refractivity contribution < 1.29 is 22.4 Å². The van der Waals surface area contributed by atoms with Crippen LogP contribution in [0.25, 0.3) is 11.2 Å². The van der Waals surface area contributed by atoms with Crippen LogP contribution in [0.15, 0.2) is 36.9 Å². The van der Waals surface area contributed by atoms with Gasteiger partial charge in [0.2, 0.25) is 0 Å². The van der Waals surface area contributed by atoms with E-state index < -0.39 is 29.9 Å². The Kier molecular flexibility index (Phi) is 4.81. The summed E-state index contributed by atoms with van der Waals surface area (Å²) in [5.74, 6) is -2.36. The third-order valence-corrected chi connectivity index (χ3v) is 4.99. The summed E-state index contributed by atoms with van der Waals surface area (Å²) in [5, 5.41) is 2.10. The molecule has 0 spiro atoms. The fraction of sp³-hybridized carbons (Fsp3) is 0.333. The lowest BCUT2D eigenvalue weighted by molar-refractivity contribution is -0.174. The molecule has 4 rings (SSSR count). The van der Waals surface area contributed by atoms with Crippen LogP contribution in [0.2, 0.25) is 0 Å². The number of hydrogen-bond donors (Lipinski definition) is 2. The van der Waals surface area contributed by atoms with Gasteiger partial charge in [-0.2, -0.15) is 13.2 Å². The van der Waals surface area contributed by atoms with Crippen LogP contribution in [0.5, 0.6) is 0 Å². The number of aromatic amines is 1. The Balaban J connectivity index is 1.64. The standard InChI is InChI=1S/C18H16F4N6O/c19-11-3-1-10(2-4-11)12-5-6-28(7-13(12)27-17(29)18(20,21)22)16-14-15(24-8-23-14)25-9-26-16/h1-4,8-9,12-13H,5-7H2,(H,27,29)(H,23,24,25,26). The third-order valence-electron chi connectivity index (χ3n) is 4.99. The number of amides is 1. The smallest absolute Gasteiger partial charge is 0.353 e. The summed E-state index contributed by atoms with van der Waals surface area (Å²) in [7, 11) is 0. The first-order valence-electron chi connectivity index (χ1n) is 8.85. The molecule has 1 saturated heterocycles. The lowest BCUT2D eigenvalue weighted by Gasteiger charge is -2.39. The summed E-state index contributed by atoms with van der Waals surface area (Å²) in [6.45, 7) is 0.570. The quantitative estimate of drug-likeness (QED) is 0.651. The number of fused-ring (bicyclic) bond motifs is 1. The topological polar surface area (TPSA) is 86.8 Å². The maximum Gasteiger partial charge on any atom is 0.471 e. The molecule has 0 aliphatic carbocycles. The Bertz CT molecular complexity index is 1020. The van der Waals surface area contributed by atoms with Gasteiger partial charge in [-0.25, -0.2) is 19.3 Å². The number of piperidine rings is 1. The Labute approximate surface area is 162 Å². The minimum atomic E-state index is -5.00. The van der Waals surface area contributed by atoms with Crippen LogP contribution < -0.4 is 10.2 Å². The molecule has 2 aromatic heterocycles. The van der Waals surface area contributed by atoms with Crippen molar-refractivity contribution in [2.24, 2.45) is 0 Å². The Morgan fingerprint density at radius 3 is 2.66 bits per heavy atom. The van der Waals surface area contributed by atoms with E-state index in [0.717, 1.165) is 0 Å². The highest BCUT2D eigenvalue weighted by Crippen LogP contribution is 2.32. The van der Waals surface area contributed by atoms with Gasteiger partial charge in [-0.05, 0) is 24.1 Å². The van der Waals surface area contributed by atoms with Gasteiger partial charge in [-0.1, -0.05) is 12.1 Å². The first-order valence-corrected chi connectivity index (χ1v) is 8.85. The van der Waals surface area contributed by atoms with Crippen molar-refractivity contribution >= 4 is 22.9 Å². The van der Waals surface area contributed by atoms with Gasteiger partial charge in [0.05, 0.1) is 12.4 Å². The summed E-state index contributed by atoms with van der Waals surface area (Å²) in [4.78, 5) is 28.7. The SMILES string of the molecule is O=C(NC1CN(c2ncnc3nc[nH]c23)CCC1c1ccc(F)cc1)C(F)(F)F. The number of carbonyl (C=O) groups excluding carboxylic acids is 1. The zero-order valence-electron chi connectivity index (χ0n) is 14.9. The number of carbonyl (C=O) groups is 1. The number of anilines is 1. The van der Waals surface area contributed by atoms with E-state index in [9.17, 15) is 22.4 Å². The average molecular weight is 408 g/mol. The minimum Gasteiger partial charge on any atom is -0.353 e. The number of hydrogen-bond acceptors (Lipinski definition) is 5. The van der Waals surface area contributed by atoms with Gasteiger partial charge in [-0.15, -0.1) is 0 Å². The van der Waals surface area contributed by atoms with Crippen molar-refractivity contribution in [3.05, 3.63) is 48.3 Å². The van der Waals surface area contributed by atoms with Crippen molar-refractivity contribution in [3.63, 3.8) is 0 Å². The summed E-state index contributed by atoms with van der Waals surface area (Å²) < 4.78 is 51.9. The molecule has 0 saturated carbocycles. The van der Waals surface area contributed by atoms with Crippen molar-refractivity contribution in [1.82, 2.24) is 25.3 Å². The van der Waals surface area contributed by atoms with Crippen molar-refractivity contribution in [3.8, 4) is 0 Å². The molecule has 1 aliphatic rings. The number of nitrogens with zero attached hydrogens (tertiary/aromatic N) is 4. The second-order valence-corrected chi connectivity index (χ2v) is 6.77. The molecular formula is C18H16F4N6O. The van der Waals surface area contributed by atoms with E-state index >= 15 is 0 Å². The average Bonchev–Trinajstić information content (AvgIpc) is 3.17. The first-order chi connectivity index (χ1) is 13.8. The fourth-order valence-corrected chi connectivity index (χ4v) is 3.64. The number of imidazole rings is 1. The second kappa shape index (κ2) is 7.30. The van der Waals surface area contributed by atoms with Crippen LogP contribution in [0.3, 0.4) is 0 Å². The van der Waals surface area contributed by atoms with E-state index in [0.29, 0.717) is 35.5 Å². The van der Waals surface area contributed by atoms with Gasteiger partial charge in [0.15, 0.2) is 11.5 Å². The summed E-state index contributed by atoms with van der Waals surface area (Å²) in [6, 6.07) is 4.71. The number of aromatic nitrogens is 4. The van der Waals surface area contributed by atoms with Crippen LogP contribution in [0.1, 0.15) is 17.9 Å². The number of nitrogens with one attached hydrogen (secondary N) is 2. The number of alkyl halides is 3. The lowest BCUT2D eigenvalue weighted by atomic mass is 9.85. The molecular weight excluding hydrogens is 392 g/mol. The maximum absolute atomic E-state index is 13.3. The molecule has 29 heavy (non-hydrogen) atoms. The highest BCUT2D eigenvalue weighted by molar-refractivity contribution is 5.83. The van der Waals surface area contributed by atoms with Gasteiger partial charge in [0.25, 0.3) is 0 Å². The molecule has 0 bridgehead atoms. The van der Waals surface area contributed by atoms with Crippen LogP contribution in [0, 0.1) is 5.82 Å². The maximum atomic E-state index is 13.3. The summed E-state index contributed by atoms with van der Waals surface area (Å²) in [6.07, 6.45) is -1.78. The van der Waals surface area contributed by atoms with Crippen LogP contribution in [-0.4, -0.2) is 51.2 Å². The number of H-pyrrole nitrogens is 1. The van der Waals surface area contributed by atoms with Crippen LogP contribution >= 0.6 is 0 Å². The molecule has 3 aromatic rings. The van der Waals surface area contributed by atoms with E-state index in [1.54, 1.807) is 4.90 Å². The molecule has 1 aromatic carbocycles. The Morgan fingerprint density at radius 1 is 1.17 bits per heavy atom. The molecule has 1 fully saturated rings. The molecule has 2 N–H and O–H groups in total. The van der Waals surface area contributed by atoms with Crippen molar-refractivity contribution in [1.29, 1.82) is 0 Å². The zero-order chi connectivity index (χ0) is 20.6. The molecule has 11 heteroatoms. The summed E-state index contributed by atoms with van der Waals surface area (Å²) >= 11 is 0. The molecule has 7 nitrogen and oxygen atoms in total. The largest absolute Gasteiger partial charge is 0.471 e. The molecule has 152 valence electrons. The second-order valence-electron chi connectivity index (χ2n) is 6.77. The molecule has 1 aliphatic heterocycles. The van der Waals surface area contributed by atoms with Gasteiger partial charge in [0.1, 0.15) is 17.7 Å². The van der Waals surface area contributed by atoms with Crippen LogP contribution in [-0.2, 0) is 4.79 Å². The monoisotopic (exact) mass is 408 g/mol. The highest BCUT2D eigenvalue weighted by atomic mass is 19.4. The predicted octanol–water partition coefficient (Wildman–Crippen LogP) is 2.53. The van der Waals surface area contributed by atoms with Crippen molar-refractivity contribution in [2.45, 2.75) is 24.6 Å². The normalized spacial score (nSPS) is 20.1. The van der Waals surface area contributed by atoms with Gasteiger partial charge in [-0.3, -0.25) is 4.79 Å². The van der Waals surface area contributed by atoms with E-state index in [4.69, 9.17) is 0 Å². The molecule has 3 heterocycles. The summed E-state index contributed by atoms with van der Waals surface area (Å²) in [5.41, 5.74) is 1.66. The van der Waals surface area contributed by atoms with Gasteiger partial charge < -0.3 is 15.2 Å². The Hall–Kier alpha value is -3.24. The van der Waals surface area contributed by atoms with Crippen LogP contribution in [0.4, 0.5) is 23.4 Å². The number of rotatable bonds is 3. The highest BCUT2D eigenvalue weighted by Gasteiger charge is 2.42. The molecule has 0 radical (unpaired) electrons. The van der Waals surface area contributed by atoms with Crippen molar-refractivity contribution in [2.75, 3.05) is 18.0 Å². The lowest BCUT2D eigenvalue weighted by Crippen LogP contribution is -2.54. The van der Waals surface area contributed by atoms with E-state index in [-0.39, 0.29) is 6.54 Å². The first kappa shape index (κ1) is 19.1. The molecule has 1 amide bonds. The molecule has 2 unspecified atom stereocenters. The van der Waals surface area contributed by atoms with E-state index in [1.807, 2.05) is 0 Å². The minimum absolute atomic E-state index is 0.0923. The predicted molar refractivity (Wildman–Crippen MR) is 95.6 cm³/mol. The fourth-order valence-electron chi connectivity index (χ4n) is 3.64. The zero-order valence-corrected chi connectivity index (χ0v) is 14.9. The van der Waals surface area contributed by atoms with E-state index in [2.05, 4.69) is 25.3 Å². The van der Waals surface area contributed by atoms with E-state index in [1.165, 1.54) is 36.9 Å². The van der Waals surface area contributed by atoms with Gasteiger partial charge >= 0.3 is 12.1 Å². The van der Waals surface area contributed by atoms with Gasteiger partial charge in [0, 0.05) is 19.0 Å². The number of halogens is 4. The third kappa shape index (κ3) is 3.84. The molecule has 2 atom stereocenters. The number of benzene rings is 1. The Morgan fingerprint density at radius 2 is 1.93 bits per heavy atom.